The predicted octanol–water partition coefficient (Wildman–Crippen LogP) is 2.59. The number of carbonyl (C=O) groups is 1. The third-order valence-electron chi connectivity index (χ3n) is 1.66. The normalized spacial score (nSPS) is 11.4. The molecule has 0 aliphatic heterocycles. The highest BCUT2D eigenvalue weighted by molar-refractivity contribution is 5.88. The largest absolute Gasteiger partial charge is 0.478 e. The lowest BCUT2D eigenvalue weighted by molar-refractivity contribution is -0.137. The van der Waals surface area contributed by atoms with Crippen LogP contribution in [0.4, 0.5) is 13.2 Å². The Bertz CT molecular complexity index is 369. The van der Waals surface area contributed by atoms with E-state index in [2.05, 4.69) is 6.92 Å². The molecule has 14 heavy (non-hydrogen) atoms. The zero-order valence-corrected chi connectivity index (χ0v) is 6.93. The van der Waals surface area contributed by atoms with E-state index >= 15 is 0 Å². The summed E-state index contributed by atoms with van der Waals surface area (Å²) in [7, 11) is 0. The van der Waals surface area contributed by atoms with Gasteiger partial charge in [-0.3, -0.25) is 0 Å². The Labute approximate surface area is 78.0 Å². The van der Waals surface area contributed by atoms with E-state index in [1.54, 1.807) is 0 Å². The van der Waals surface area contributed by atoms with Gasteiger partial charge in [-0.05, 0) is 24.6 Å². The number of carboxylic acid groups (broad SMARTS) is 1. The maximum atomic E-state index is 12.3. The molecule has 5 heteroatoms. The van der Waals surface area contributed by atoms with Crippen molar-refractivity contribution < 1.29 is 23.1 Å². The van der Waals surface area contributed by atoms with Gasteiger partial charge >= 0.3 is 12.1 Å². The van der Waals surface area contributed by atoms with Gasteiger partial charge in [0.15, 0.2) is 0 Å². The molecule has 0 saturated carbocycles. The summed E-state index contributed by atoms with van der Waals surface area (Å²) in [5.41, 5.74) is -1.65. The summed E-state index contributed by atoms with van der Waals surface area (Å²) < 4.78 is 36.8. The molecular formula is C9H6F3O2. The second-order valence-corrected chi connectivity index (χ2v) is 2.67. The van der Waals surface area contributed by atoms with Crippen molar-refractivity contribution in [3.8, 4) is 0 Å². The Morgan fingerprint density at radius 2 is 1.93 bits per heavy atom. The molecule has 1 aromatic rings. The highest BCUT2D eigenvalue weighted by Crippen LogP contribution is 2.32. The van der Waals surface area contributed by atoms with Gasteiger partial charge in [0.05, 0.1) is 11.1 Å². The molecule has 0 unspecified atom stereocenters. The van der Waals surface area contributed by atoms with Crippen LogP contribution in [0.5, 0.6) is 0 Å². The van der Waals surface area contributed by atoms with Gasteiger partial charge in [0, 0.05) is 0 Å². The molecule has 0 amide bonds. The lowest BCUT2D eigenvalue weighted by Gasteiger charge is -2.10. The number of carboxylic acids is 1. The molecule has 1 N–H and O–H groups in total. The Morgan fingerprint density at radius 1 is 1.36 bits per heavy atom. The van der Waals surface area contributed by atoms with Crippen LogP contribution in [0.15, 0.2) is 18.2 Å². The molecule has 0 aromatic heterocycles. The molecule has 0 bridgehead atoms. The van der Waals surface area contributed by atoms with Gasteiger partial charge in [-0.25, -0.2) is 4.79 Å². The maximum Gasteiger partial charge on any atom is 0.416 e. The SMILES string of the molecule is [CH2]c1ccc(C(=O)O)cc1C(F)(F)F. The number of halogens is 3. The van der Waals surface area contributed by atoms with Crippen LogP contribution in [0.25, 0.3) is 0 Å². The van der Waals surface area contributed by atoms with Crippen LogP contribution in [0.2, 0.25) is 0 Å². The molecule has 0 heterocycles. The number of benzene rings is 1. The number of aromatic carboxylic acids is 1. The van der Waals surface area contributed by atoms with Crippen molar-refractivity contribution in [3.63, 3.8) is 0 Å². The van der Waals surface area contributed by atoms with E-state index in [-0.39, 0.29) is 5.56 Å². The van der Waals surface area contributed by atoms with Gasteiger partial charge in [0.2, 0.25) is 0 Å². The summed E-state index contributed by atoms with van der Waals surface area (Å²) in [5.74, 6) is -1.39. The van der Waals surface area contributed by atoms with Crippen molar-refractivity contribution in [1.82, 2.24) is 0 Å². The molecular weight excluding hydrogens is 197 g/mol. The van der Waals surface area contributed by atoms with E-state index in [1.165, 1.54) is 0 Å². The van der Waals surface area contributed by atoms with Crippen molar-refractivity contribution in [2.75, 3.05) is 0 Å². The molecule has 1 radical (unpaired) electrons. The number of hydrogen-bond acceptors (Lipinski definition) is 1. The first-order chi connectivity index (χ1) is 6.32. The Balaban J connectivity index is 3.29. The van der Waals surface area contributed by atoms with E-state index < -0.39 is 23.3 Å². The Kier molecular flexibility index (Phi) is 2.51. The highest BCUT2D eigenvalue weighted by atomic mass is 19.4. The molecule has 0 saturated heterocycles. The molecule has 0 atom stereocenters. The zero-order valence-electron chi connectivity index (χ0n) is 6.93. The maximum absolute atomic E-state index is 12.3. The third-order valence-corrected chi connectivity index (χ3v) is 1.66. The fourth-order valence-electron chi connectivity index (χ4n) is 0.973. The smallest absolute Gasteiger partial charge is 0.416 e. The quantitative estimate of drug-likeness (QED) is 0.761. The molecule has 1 rings (SSSR count). The molecule has 2 nitrogen and oxygen atoms in total. The van der Waals surface area contributed by atoms with Crippen LogP contribution in [0, 0.1) is 6.92 Å². The first kappa shape index (κ1) is 10.6. The molecule has 1 aromatic carbocycles. The zero-order chi connectivity index (χ0) is 10.9. The van der Waals surface area contributed by atoms with E-state index in [4.69, 9.17) is 5.11 Å². The monoisotopic (exact) mass is 203 g/mol. The van der Waals surface area contributed by atoms with Crippen molar-refractivity contribution in [1.29, 1.82) is 0 Å². The van der Waals surface area contributed by atoms with Gasteiger partial charge in [0.25, 0.3) is 0 Å². The van der Waals surface area contributed by atoms with E-state index in [9.17, 15) is 18.0 Å². The summed E-state index contributed by atoms with van der Waals surface area (Å²) in [6, 6.07) is 2.69. The lowest BCUT2D eigenvalue weighted by atomic mass is 10.0. The van der Waals surface area contributed by atoms with Gasteiger partial charge in [-0.15, -0.1) is 0 Å². The first-order valence-electron chi connectivity index (χ1n) is 3.59. The molecule has 0 aliphatic carbocycles. The van der Waals surface area contributed by atoms with E-state index in [0.29, 0.717) is 6.07 Å². The fraction of sp³-hybridized carbons (Fsp3) is 0.111. The minimum absolute atomic E-state index is 0.234. The third kappa shape index (κ3) is 2.04. The first-order valence-corrected chi connectivity index (χ1v) is 3.59. The van der Waals surface area contributed by atoms with Crippen molar-refractivity contribution in [2.24, 2.45) is 0 Å². The summed E-state index contributed by atoms with van der Waals surface area (Å²) >= 11 is 0. The topological polar surface area (TPSA) is 37.3 Å². The van der Waals surface area contributed by atoms with Crippen LogP contribution in [-0.2, 0) is 6.18 Å². The van der Waals surface area contributed by atoms with Crippen molar-refractivity contribution >= 4 is 5.97 Å². The highest BCUT2D eigenvalue weighted by Gasteiger charge is 2.32. The van der Waals surface area contributed by atoms with E-state index in [1.807, 2.05) is 0 Å². The molecule has 0 aliphatic rings. The summed E-state index contributed by atoms with van der Waals surface area (Å²) in [6.07, 6.45) is -4.57. The van der Waals surface area contributed by atoms with Crippen LogP contribution in [0.3, 0.4) is 0 Å². The van der Waals surface area contributed by atoms with Gasteiger partial charge in [0.1, 0.15) is 0 Å². The van der Waals surface area contributed by atoms with Crippen molar-refractivity contribution in [2.45, 2.75) is 6.18 Å². The van der Waals surface area contributed by atoms with Gasteiger partial charge in [-0.1, -0.05) is 6.07 Å². The fourth-order valence-corrected chi connectivity index (χ4v) is 0.973. The van der Waals surface area contributed by atoms with E-state index in [0.717, 1.165) is 12.1 Å². The van der Waals surface area contributed by atoms with Crippen LogP contribution < -0.4 is 0 Å². The number of alkyl halides is 3. The summed E-state index contributed by atoms with van der Waals surface area (Å²) in [5, 5.41) is 8.48. The lowest BCUT2D eigenvalue weighted by Crippen LogP contribution is -2.09. The molecule has 75 valence electrons. The molecule has 0 fully saturated rings. The van der Waals surface area contributed by atoms with Crippen LogP contribution in [0.1, 0.15) is 21.5 Å². The predicted molar refractivity (Wildman–Crippen MR) is 42.9 cm³/mol. The van der Waals surface area contributed by atoms with Crippen LogP contribution in [-0.4, -0.2) is 11.1 Å². The Hall–Kier alpha value is -1.52. The second-order valence-electron chi connectivity index (χ2n) is 2.67. The standard InChI is InChI=1S/C9H6F3O2/c1-5-2-3-6(8(13)14)4-7(5)9(10,11)12/h2-4H,1H2,(H,13,14). The minimum Gasteiger partial charge on any atom is -0.478 e. The van der Waals surface area contributed by atoms with Crippen molar-refractivity contribution in [3.05, 3.63) is 41.8 Å². The molecule has 0 spiro atoms. The number of rotatable bonds is 1. The van der Waals surface area contributed by atoms with Gasteiger partial charge in [-0.2, -0.15) is 13.2 Å². The summed E-state index contributed by atoms with van der Waals surface area (Å²) in [4.78, 5) is 10.4. The van der Waals surface area contributed by atoms with Crippen LogP contribution >= 0.6 is 0 Å². The minimum atomic E-state index is -4.57. The second kappa shape index (κ2) is 3.32. The average Bonchev–Trinajstić information content (AvgIpc) is 2.02. The summed E-state index contributed by atoms with van der Waals surface area (Å²) in [6.45, 7) is 3.17. The Morgan fingerprint density at radius 3 is 2.36 bits per heavy atom. The number of hydrogen-bond donors (Lipinski definition) is 1. The van der Waals surface area contributed by atoms with Gasteiger partial charge < -0.3 is 5.11 Å². The average molecular weight is 203 g/mol.